The molecule has 0 radical (unpaired) electrons. The summed E-state index contributed by atoms with van der Waals surface area (Å²) >= 11 is 0. The van der Waals surface area contributed by atoms with Crippen molar-refractivity contribution in [1.82, 2.24) is 0 Å². The summed E-state index contributed by atoms with van der Waals surface area (Å²) in [6.07, 6.45) is 4.56. The highest BCUT2D eigenvalue weighted by Gasteiger charge is 2.22. The fourth-order valence-electron chi connectivity index (χ4n) is 3.12. The van der Waals surface area contributed by atoms with Crippen LogP contribution in [0.15, 0.2) is 36.4 Å². The number of esters is 2. The van der Waals surface area contributed by atoms with Crippen molar-refractivity contribution >= 4 is 28.8 Å². The summed E-state index contributed by atoms with van der Waals surface area (Å²) in [6.45, 7) is 0. The van der Waals surface area contributed by atoms with Crippen molar-refractivity contribution in [1.29, 1.82) is 0 Å². The lowest BCUT2D eigenvalue weighted by Crippen LogP contribution is -2.11. The van der Waals surface area contributed by atoms with Crippen molar-refractivity contribution in [3.8, 4) is 0 Å². The molecule has 0 heterocycles. The van der Waals surface area contributed by atoms with Gasteiger partial charge in [0.2, 0.25) is 0 Å². The van der Waals surface area contributed by atoms with Crippen LogP contribution in [-0.2, 0) is 25.5 Å². The van der Waals surface area contributed by atoms with E-state index in [1.807, 2.05) is 42.5 Å². The molecule has 0 spiro atoms. The van der Waals surface area contributed by atoms with Gasteiger partial charge in [0.25, 0.3) is 0 Å². The molecule has 23 heavy (non-hydrogen) atoms. The predicted octanol–water partition coefficient (Wildman–Crippen LogP) is 3.23. The Balaban J connectivity index is 2.10. The largest absolute Gasteiger partial charge is 0.469 e. The molecule has 0 aliphatic heterocycles. The first-order chi connectivity index (χ1) is 11.1. The van der Waals surface area contributed by atoms with Crippen molar-refractivity contribution in [2.24, 2.45) is 0 Å². The Morgan fingerprint density at radius 2 is 1.83 bits per heavy atom. The van der Waals surface area contributed by atoms with E-state index in [0.29, 0.717) is 6.42 Å². The lowest BCUT2D eigenvalue weighted by atomic mass is 9.82. The van der Waals surface area contributed by atoms with Gasteiger partial charge in [-0.2, -0.15) is 0 Å². The molecule has 1 atom stereocenters. The molecule has 3 rings (SSSR count). The molecular weight excluding hydrogens is 292 g/mol. The second kappa shape index (κ2) is 6.24. The maximum Gasteiger partial charge on any atom is 0.309 e. The van der Waals surface area contributed by atoms with Gasteiger partial charge in [-0.25, -0.2) is 0 Å². The number of benzene rings is 2. The third-order valence-electron chi connectivity index (χ3n) is 4.28. The quantitative estimate of drug-likeness (QED) is 0.814. The molecule has 2 aromatic rings. The zero-order chi connectivity index (χ0) is 16.4. The zero-order valence-corrected chi connectivity index (χ0v) is 13.2. The number of hydrogen-bond acceptors (Lipinski definition) is 4. The van der Waals surface area contributed by atoms with Crippen LogP contribution in [-0.4, -0.2) is 26.2 Å². The van der Waals surface area contributed by atoms with Crippen LogP contribution >= 0.6 is 0 Å². The fourth-order valence-corrected chi connectivity index (χ4v) is 3.12. The smallest absolute Gasteiger partial charge is 0.309 e. The predicted molar refractivity (Wildman–Crippen MR) is 88.1 cm³/mol. The molecule has 0 saturated heterocycles. The van der Waals surface area contributed by atoms with Crippen molar-refractivity contribution in [2.45, 2.75) is 18.8 Å². The summed E-state index contributed by atoms with van der Waals surface area (Å²) in [5.74, 6) is -0.499. The molecule has 0 amide bonds. The van der Waals surface area contributed by atoms with Gasteiger partial charge in [-0.05, 0) is 27.5 Å². The van der Waals surface area contributed by atoms with E-state index >= 15 is 0 Å². The Kier molecular flexibility index (Phi) is 4.15. The fraction of sp³-hybridized carbons (Fsp3) is 0.263. The van der Waals surface area contributed by atoms with E-state index in [4.69, 9.17) is 9.47 Å². The summed E-state index contributed by atoms with van der Waals surface area (Å²) in [6, 6.07) is 10.0. The summed E-state index contributed by atoms with van der Waals surface area (Å²) in [5.41, 5.74) is 3.06. The van der Waals surface area contributed by atoms with Crippen LogP contribution in [0.4, 0.5) is 0 Å². The average Bonchev–Trinajstić information content (AvgIpc) is 2.58. The first-order valence-corrected chi connectivity index (χ1v) is 7.50. The zero-order valence-electron chi connectivity index (χ0n) is 13.2. The summed E-state index contributed by atoms with van der Waals surface area (Å²) in [4.78, 5) is 23.3. The number of allylic oxidation sites excluding steroid dienone is 1. The molecule has 0 fully saturated rings. The molecule has 0 bridgehead atoms. The third kappa shape index (κ3) is 2.84. The van der Waals surface area contributed by atoms with Crippen LogP contribution in [0.5, 0.6) is 0 Å². The van der Waals surface area contributed by atoms with E-state index in [1.165, 1.54) is 14.2 Å². The normalized spacial score (nSPS) is 15.5. The van der Waals surface area contributed by atoms with E-state index in [2.05, 4.69) is 0 Å². The van der Waals surface area contributed by atoms with Gasteiger partial charge < -0.3 is 9.47 Å². The molecule has 0 N–H and O–H groups in total. The Morgan fingerprint density at radius 3 is 2.57 bits per heavy atom. The van der Waals surface area contributed by atoms with Gasteiger partial charge in [0.15, 0.2) is 0 Å². The molecule has 1 aliphatic rings. The monoisotopic (exact) mass is 310 g/mol. The van der Waals surface area contributed by atoms with E-state index in [9.17, 15) is 9.59 Å². The van der Waals surface area contributed by atoms with Gasteiger partial charge in [-0.1, -0.05) is 42.5 Å². The number of carbonyl (C=O) groups excluding carboxylic acids is 2. The molecule has 0 saturated carbocycles. The van der Waals surface area contributed by atoms with Crippen LogP contribution in [0.2, 0.25) is 0 Å². The van der Waals surface area contributed by atoms with Crippen molar-refractivity contribution in [2.75, 3.05) is 14.2 Å². The van der Waals surface area contributed by atoms with E-state index in [1.54, 1.807) is 0 Å². The number of rotatable bonds is 4. The third-order valence-corrected chi connectivity index (χ3v) is 4.28. The SMILES string of the molecule is COC(=O)Cc1ccc2cccc3c2c1C=CC3CC(=O)OC. The van der Waals surface area contributed by atoms with Crippen LogP contribution < -0.4 is 0 Å². The first kappa shape index (κ1) is 15.3. The number of methoxy groups -OCH3 is 2. The highest BCUT2D eigenvalue weighted by Crippen LogP contribution is 2.38. The van der Waals surface area contributed by atoms with Crippen molar-refractivity contribution < 1.29 is 19.1 Å². The summed E-state index contributed by atoms with van der Waals surface area (Å²) in [5, 5.41) is 2.20. The van der Waals surface area contributed by atoms with Gasteiger partial charge in [0, 0.05) is 5.92 Å². The minimum absolute atomic E-state index is 0.00738. The maximum atomic E-state index is 11.6. The van der Waals surface area contributed by atoms with Gasteiger partial charge in [-0.15, -0.1) is 0 Å². The second-order valence-electron chi connectivity index (χ2n) is 5.58. The molecule has 4 nitrogen and oxygen atoms in total. The molecular formula is C19H18O4. The molecule has 4 heteroatoms. The summed E-state index contributed by atoms with van der Waals surface area (Å²) in [7, 11) is 2.79. The highest BCUT2D eigenvalue weighted by molar-refractivity contribution is 5.98. The Morgan fingerprint density at radius 1 is 1.04 bits per heavy atom. The minimum atomic E-state index is -0.261. The topological polar surface area (TPSA) is 52.6 Å². The van der Waals surface area contributed by atoms with Gasteiger partial charge in [0.1, 0.15) is 0 Å². The van der Waals surface area contributed by atoms with Crippen LogP contribution in [0, 0.1) is 0 Å². The van der Waals surface area contributed by atoms with E-state index < -0.39 is 0 Å². The Bertz CT molecular complexity index is 804. The second-order valence-corrected chi connectivity index (χ2v) is 5.58. The number of carbonyl (C=O) groups is 2. The first-order valence-electron chi connectivity index (χ1n) is 7.50. The highest BCUT2D eigenvalue weighted by atomic mass is 16.5. The van der Waals surface area contributed by atoms with E-state index in [-0.39, 0.29) is 24.3 Å². The van der Waals surface area contributed by atoms with Crippen LogP contribution in [0.3, 0.4) is 0 Å². The van der Waals surface area contributed by atoms with Crippen molar-refractivity contribution in [3.63, 3.8) is 0 Å². The number of ether oxygens (including phenoxy) is 2. The molecule has 1 aliphatic carbocycles. The Hall–Kier alpha value is -2.62. The van der Waals surface area contributed by atoms with Gasteiger partial charge in [-0.3, -0.25) is 9.59 Å². The van der Waals surface area contributed by atoms with Crippen LogP contribution in [0.25, 0.3) is 16.8 Å². The maximum absolute atomic E-state index is 11.6. The van der Waals surface area contributed by atoms with Gasteiger partial charge >= 0.3 is 11.9 Å². The molecule has 2 aromatic carbocycles. The lowest BCUT2D eigenvalue weighted by Gasteiger charge is -2.22. The molecule has 1 unspecified atom stereocenters. The van der Waals surface area contributed by atoms with Crippen molar-refractivity contribution in [3.05, 3.63) is 53.1 Å². The minimum Gasteiger partial charge on any atom is -0.469 e. The average molecular weight is 310 g/mol. The molecule has 0 aromatic heterocycles. The molecule has 118 valence electrons. The Labute approximate surface area is 134 Å². The number of hydrogen-bond donors (Lipinski definition) is 0. The van der Waals surface area contributed by atoms with E-state index in [0.717, 1.165) is 27.5 Å². The standard InChI is InChI=1S/C19H18O4/c1-22-17(20)10-13-7-6-12-4-3-5-15-14(11-18(21)23-2)8-9-16(13)19(12)15/h3-9,14H,10-11H2,1-2H3. The lowest BCUT2D eigenvalue weighted by molar-refractivity contribution is -0.141. The summed E-state index contributed by atoms with van der Waals surface area (Å²) < 4.78 is 9.57. The van der Waals surface area contributed by atoms with Gasteiger partial charge in [0.05, 0.1) is 27.1 Å². The van der Waals surface area contributed by atoms with Crippen LogP contribution in [0.1, 0.15) is 29.0 Å².